The molecule has 0 aliphatic carbocycles. The minimum absolute atomic E-state index is 0.0651. The third-order valence-corrected chi connectivity index (χ3v) is 5.06. The predicted molar refractivity (Wildman–Crippen MR) is 94.9 cm³/mol. The maximum absolute atomic E-state index is 11.0. The lowest BCUT2D eigenvalue weighted by Gasteiger charge is -2.04. The Hall–Kier alpha value is -2.05. The van der Waals surface area contributed by atoms with Gasteiger partial charge in [-0.2, -0.15) is 0 Å². The van der Waals surface area contributed by atoms with Crippen LogP contribution in [0.25, 0.3) is 10.8 Å². The third kappa shape index (κ3) is 4.03. The molecule has 0 unspecified atom stereocenters. The summed E-state index contributed by atoms with van der Waals surface area (Å²) in [5, 5.41) is 4.77. The van der Waals surface area contributed by atoms with Crippen molar-refractivity contribution in [1.29, 1.82) is 0 Å². The van der Waals surface area contributed by atoms with E-state index in [1.54, 1.807) is 23.1 Å². The van der Waals surface area contributed by atoms with E-state index in [0.29, 0.717) is 5.89 Å². The number of hydrogen-bond donors (Lipinski definition) is 1. The van der Waals surface area contributed by atoms with Crippen LogP contribution in [0.2, 0.25) is 0 Å². The zero-order valence-corrected chi connectivity index (χ0v) is 14.5. The van der Waals surface area contributed by atoms with Crippen LogP contribution in [0.1, 0.15) is 18.4 Å². The first-order chi connectivity index (χ1) is 11.1. The number of thioether (sulfide) groups is 1. The molecule has 4 nitrogen and oxygen atoms in total. The van der Waals surface area contributed by atoms with Crippen molar-refractivity contribution in [1.82, 2.24) is 4.98 Å². The lowest BCUT2D eigenvalue weighted by molar-refractivity contribution is -0.114. The van der Waals surface area contributed by atoms with Crippen molar-refractivity contribution < 1.29 is 9.21 Å². The molecule has 2 heterocycles. The maximum Gasteiger partial charge on any atom is 0.236 e. The summed E-state index contributed by atoms with van der Waals surface area (Å²) < 4.78 is 5.75. The molecule has 3 aromatic rings. The van der Waals surface area contributed by atoms with Crippen molar-refractivity contribution in [3.05, 3.63) is 53.2 Å². The van der Waals surface area contributed by atoms with Gasteiger partial charge in [0.1, 0.15) is 5.76 Å². The van der Waals surface area contributed by atoms with E-state index in [-0.39, 0.29) is 5.91 Å². The van der Waals surface area contributed by atoms with Gasteiger partial charge in [0, 0.05) is 23.3 Å². The summed E-state index contributed by atoms with van der Waals surface area (Å²) in [5.74, 6) is 2.23. The lowest BCUT2D eigenvalue weighted by Crippen LogP contribution is -2.05. The number of benzene rings is 1. The van der Waals surface area contributed by atoms with Crippen molar-refractivity contribution in [2.24, 2.45) is 0 Å². The Morgan fingerprint density at radius 3 is 2.74 bits per heavy atom. The van der Waals surface area contributed by atoms with Gasteiger partial charge >= 0.3 is 0 Å². The molecule has 0 saturated carbocycles. The molecule has 0 bridgehead atoms. The number of oxazole rings is 1. The van der Waals surface area contributed by atoms with Gasteiger partial charge in [-0.05, 0) is 42.6 Å². The first kappa shape index (κ1) is 15.8. The highest BCUT2D eigenvalue weighted by Crippen LogP contribution is 2.29. The number of nitrogens with zero attached hydrogens (tertiary/aromatic N) is 1. The normalized spacial score (nSPS) is 10.7. The smallest absolute Gasteiger partial charge is 0.236 e. The zero-order valence-electron chi connectivity index (χ0n) is 12.8. The van der Waals surface area contributed by atoms with Crippen LogP contribution in [0, 0.1) is 6.92 Å². The molecule has 1 aromatic carbocycles. The highest BCUT2D eigenvalue weighted by atomic mass is 32.2. The number of aryl methyl sites for hydroxylation is 1. The van der Waals surface area contributed by atoms with Crippen molar-refractivity contribution in [2.75, 3.05) is 5.32 Å². The third-order valence-electron chi connectivity index (χ3n) is 3.17. The molecule has 23 heavy (non-hydrogen) atoms. The monoisotopic (exact) mass is 344 g/mol. The first-order valence-electron chi connectivity index (χ1n) is 7.12. The van der Waals surface area contributed by atoms with Crippen LogP contribution in [0.15, 0.2) is 51.1 Å². The topological polar surface area (TPSA) is 55.1 Å². The number of rotatable bonds is 5. The Labute approximate surface area is 142 Å². The Morgan fingerprint density at radius 1 is 1.30 bits per heavy atom. The second-order valence-electron chi connectivity index (χ2n) is 4.99. The highest BCUT2D eigenvalue weighted by Gasteiger charge is 2.12. The van der Waals surface area contributed by atoms with Crippen LogP contribution in [0.4, 0.5) is 5.69 Å². The average molecular weight is 344 g/mol. The molecule has 0 spiro atoms. The van der Waals surface area contributed by atoms with Gasteiger partial charge in [-0.25, -0.2) is 4.98 Å². The molecule has 0 saturated heterocycles. The zero-order chi connectivity index (χ0) is 16.2. The second kappa shape index (κ2) is 7.02. The number of hydrogen-bond acceptors (Lipinski definition) is 5. The molecule has 2 aromatic heterocycles. The van der Waals surface area contributed by atoms with Crippen LogP contribution in [0.3, 0.4) is 0 Å². The summed E-state index contributed by atoms with van der Waals surface area (Å²) in [6, 6.07) is 11.8. The molecule has 1 amide bonds. The Kier molecular flexibility index (Phi) is 4.83. The van der Waals surface area contributed by atoms with Crippen molar-refractivity contribution >= 4 is 34.7 Å². The van der Waals surface area contributed by atoms with Crippen molar-refractivity contribution in [3.63, 3.8) is 0 Å². The van der Waals surface area contributed by atoms with Gasteiger partial charge in [-0.3, -0.25) is 4.79 Å². The van der Waals surface area contributed by atoms with E-state index in [1.807, 2.05) is 48.7 Å². The van der Waals surface area contributed by atoms with Gasteiger partial charge in [0.15, 0.2) is 0 Å². The molecule has 0 fully saturated rings. The van der Waals surface area contributed by atoms with Crippen LogP contribution in [-0.2, 0) is 10.5 Å². The number of anilines is 1. The van der Waals surface area contributed by atoms with Gasteiger partial charge in [0.25, 0.3) is 0 Å². The molecule has 0 aliphatic heterocycles. The molecule has 0 radical (unpaired) electrons. The summed E-state index contributed by atoms with van der Waals surface area (Å²) in [5.41, 5.74) is 1.77. The Morgan fingerprint density at radius 2 is 2.09 bits per heavy atom. The summed E-state index contributed by atoms with van der Waals surface area (Å²) >= 11 is 3.32. The lowest BCUT2D eigenvalue weighted by atomic mass is 10.3. The van der Waals surface area contributed by atoms with Gasteiger partial charge in [0.05, 0.1) is 10.6 Å². The van der Waals surface area contributed by atoms with Crippen LogP contribution in [0.5, 0.6) is 0 Å². The van der Waals surface area contributed by atoms with Crippen molar-refractivity contribution in [3.8, 4) is 10.8 Å². The van der Waals surface area contributed by atoms with E-state index < -0.39 is 0 Å². The number of amides is 1. The van der Waals surface area contributed by atoms with E-state index in [2.05, 4.69) is 10.3 Å². The fraction of sp³-hybridized carbons (Fsp3) is 0.176. The van der Waals surface area contributed by atoms with Gasteiger partial charge in [0.2, 0.25) is 11.8 Å². The van der Waals surface area contributed by atoms with Crippen LogP contribution in [-0.4, -0.2) is 10.9 Å². The fourth-order valence-electron chi connectivity index (χ4n) is 2.06. The summed E-state index contributed by atoms with van der Waals surface area (Å²) in [6.45, 7) is 3.45. The molecular weight excluding hydrogens is 328 g/mol. The first-order valence-corrected chi connectivity index (χ1v) is 8.99. The SMILES string of the molecule is CC(=O)Nc1ccc(SCc2nc(-c3cccs3)oc2C)cc1. The minimum Gasteiger partial charge on any atom is -0.440 e. The number of carbonyl (C=O) groups excluding carboxylic acids is 1. The number of aromatic nitrogens is 1. The number of thiophene rings is 1. The maximum atomic E-state index is 11.0. The fourth-order valence-corrected chi connectivity index (χ4v) is 3.61. The highest BCUT2D eigenvalue weighted by molar-refractivity contribution is 7.98. The van der Waals surface area contributed by atoms with E-state index >= 15 is 0 Å². The van der Waals surface area contributed by atoms with E-state index in [0.717, 1.165) is 32.7 Å². The summed E-state index contributed by atoms with van der Waals surface area (Å²) in [7, 11) is 0. The average Bonchev–Trinajstić information content (AvgIpc) is 3.15. The van der Waals surface area contributed by atoms with Crippen LogP contribution >= 0.6 is 23.1 Å². The van der Waals surface area contributed by atoms with E-state index in [1.165, 1.54) is 6.92 Å². The van der Waals surface area contributed by atoms with Gasteiger partial charge in [-0.15, -0.1) is 23.1 Å². The largest absolute Gasteiger partial charge is 0.440 e. The Balaban J connectivity index is 1.65. The molecule has 1 N–H and O–H groups in total. The molecule has 0 aliphatic rings. The second-order valence-corrected chi connectivity index (χ2v) is 6.99. The minimum atomic E-state index is -0.0651. The van der Waals surface area contributed by atoms with E-state index in [9.17, 15) is 4.79 Å². The van der Waals surface area contributed by atoms with Gasteiger partial charge in [-0.1, -0.05) is 6.07 Å². The molecular formula is C17H16N2O2S2. The standard InChI is InChI=1S/C17H16N2O2S2/c1-11-15(19-17(21-11)16-4-3-9-22-16)10-23-14-7-5-13(6-8-14)18-12(2)20/h3-9H,10H2,1-2H3,(H,18,20). The van der Waals surface area contributed by atoms with E-state index in [4.69, 9.17) is 4.42 Å². The quantitative estimate of drug-likeness (QED) is 0.665. The predicted octanol–water partition coefficient (Wildman–Crippen LogP) is 4.96. The van der Waals surface area contributed by atoms with Crippen LogP contribution < -0.4 is 5.32 Å². The van der Waals surface area contributed by atoms with Crippen molar-refractivity contribution in [2.45, 2.75) is 24.5 Å². The number of carbonyl (C=O) groups is 1. The van der Waals surface area contributed by atoms with Gasteiger partial charge < -0.3 is 9.73 Å². The summed E-state index contributed by atoms with van der Waals surface area (Å²) in [6.07, 6.45) is 0. The molecule has 6 heteroatoms. The number of nitrogens with one attached hydrogen (secondary N) is 1. The molecule has 0 atom stereocenters. The Bertz CT molecular complexity index is 793. The molecule has 118 valence electrons. The molecule has 3 rings (SSSR count). The summed E-state index contributed by atoms with van der Waals surface area (Å²) in [4.78, 5) is 17.8.